The van der Waals surface area contributed by atoms with Gasteiger partial charge < -0.3 is 10.6 Å². The molecule has 0 saturated heterocycles. The summed E-state index contributed by atoms with van der Waals surface area (Å²) >= 11 is 0. The number of urea groups is 1. The van der Waals surface area contributed by atoms with Gasteiger partial charge in [0.1, 0.15) is 11.6 Å². The molecule has 1 atom stereocenters. The van der Waals surface area contributed by atoms with Crippen molar-refractivity contribution in [3.63, 3.8) is 0 Å². The van der Waals surface area contributed by atoms with Crippen LogP contribution in [0.25, 0.3) is 6.08 Å². The van der Waals surface area contributed by atoms with E-state index in [1.165, 1.54) is 12.1 Å². The molecule has 0 saturated carbocycles. The van der Waals surface area contributed by atoms with Crippen molar-refractivity contribution in [2.45, 2.75) is 31.7 Å². The second kappa shape index (κ2) is 7.35. The highest BCUT2D eigenvalue weighted by Gasteiger charge is 2.32. The molecule has 0 spiro atoms. The molecule has 2 aromatic carbocycles. The predicted octanol–water partition coefficient (Wildman–Crippen LogP) is 5.23. The maximum Gasteiger partial charge on any atom is 0.319 e. The third-order valence-electron chi connectivity index (χ3n) is 5.10. The lowest BCUT2D eigenvalue weighted by molar-refractivity contribution is 0.238. The highest BCUT2D eigenvalue weighted by Crippen LogP contribution is 2.38. The summed E-state index contributed by atoms with van der Waals surface area (Å²) in [6.07, 6.45) is 5.12. The molecule has 0 fully saturated rings. The number of allylic oxidation sites excluding steroid dienone is 1. The normalized spacial score (nSPS) is 21.3. The van der Waals surface area contributed by atoms with Crippen molar-refractivity contribution >= 4 is 12.1 Å². The predicted molar refractivity (Wildman–Crippen MR) is 101 cm³/mol. The number of nitrogens with one attached hydrogen (secondary N) is 2. The first-order chi connectivity index (χ1) is 13.1. The van der Waals surface area contributed by atoms with E-state index in [2.05, 4.69) is 10.6 Å². The van der Waals surface area contributed by atoms with E-state index in [1.807, 2.05) is 0 Å². The van der Waals surface area contributed by atoms with Crippen molar-refractivity contribution in [2.75, 3.05) is 0 Å². The second-order valence-electron chi connectivity index (χ2n) is 6.85. The van der Waals surface area contributed by atoms with E-state index >= 15 is 0 Å². The van der Waals surface area contributed by atoms with Crippen molar-refractivity contribution < 1.29 is 13.6 Å². The van der Waals surface area contributed by atoms with Gasteiger partial charge in [-0.15, -0.1) is 0 Å². The van der Waals surface area contributed by atoms with Crippen LogP contribution < -0.4 is 10.6 Å². The summed E-state index contributed by atoms with van der Waals surface area (Å²) in [5.41, 5.74) is 3.46. The zero-order chi connectivity index (χ0) is 18.8. The van der Waals surface area contributed by atoms with E-state index in [4.69, 9.17) is 0 Å². The van der Waals surface area contributed by atoms with Gasteiger partial charge in [-0.3, -0.25) is 0 Å². The number of hydrogen-bond acceptors (Lipinski definition) is 1. The van der Waals surface area contributed by atoms with Crippen LogP contribution in [0.3, 0.4) is 0 Å². The molecule has 5 heteroatoms. The van der Waals surface area contributed by atoms with E-state index in [1.54, 1.807) is 42.5 Å². The number of carbonyl (C=O) groups is 1. The van der Waals surface area contributed by atoms with Gasteiger partial charge in [0.15, 0.2) is 0 Å². The van der Waals surface area contributed by atoms with E-state index in [-0.39, 0.29) is 17.7 Å². The molecule has 1 aliphatic heterocycles. The summed E-state index contributed by atoms with van der Waals surface area (Å²) < 4.78 is 28.5. The lowest BCUT2D eigenvalue weighted by Gasteiger charge is -2.31. The molecule has 4 rings (SSSR count). The summed E-state index contributed by atoms with van der Waals surface area (Å²) in [7, 11) is 0. The van der Waals surface area contributed by atoms with Gasteiger partial charge in [-0.25, -0.2) is 13.6 Å². The van der Waals surface area contributed by atoms with Crippen LogP contribution in [0.4, 0.5) is 13.6 Å². The van der Waals surface area contributed by atoms with E-state index in [0.717, 1.165) is 36.8 Å². The minimum atomic E-state index is -0.517. The zero-order valence-corrected chi connectivity index (χ0v) is 14.8. The summed E-state index contributed by atoms with van der Waals surface area (Å²) in [5, 5.41) is 5.73. The van der Waals surface area contributed by atoms with Crippen LogP contribution in [0.2, 0.25) is 0 Å². The minimum Gasteiger partial charge on any atom is -0.327 e. The molecular formula is C22H20F2N2O. The van der Waals surface area contributed by atoms with Crippen molar-refractivity contribution in [3.8, 4) is 0 Å². The highest BCUT2D eigenvalue weighted by molar-refractivity contribution is 5.81. The maximum absolute atomic E-state index is 14.4. The van der Waals surface area contributed by atoms with Gasteiger partial charge in [0, 0.05) is 16.8 Å². The first-order valence-electron chi connectivity index (χ1n) is 9.14. The third-order valence-corrected chi connectivity index (χ3v) is 5.10. The molecule has 2 aliphatic rings. The molecule has 1 unspecified atom stereocenters. The van der Waals surface area contributed by atoms with Gasteiger partial charge in [0.05, 0.1) is 6.04 Å². The topological polar surface area (TPSA) is 41.1 Å². The molecule has 2 N–H and O–H groups in total. The van der Waals surface area contributed by atoms with Crippen LogP contribution in [0.1, 0.15) is 42.9 Å². The van der Waals surface area contributed by atoms with Crippen LogP contribution in [0, 0.1) is 11.6 Å². The van der Waals surface area contributed by atoms with Gasteiger partial charge in [0.25, 0.3) is 0 Å². The fraction of sp³-hybridized carbons (Fsp3) is 0.227. The van der Waals surface area contributed by atoms with Crippen molar-refractivity contribution in [2.24, 2.45) is 0 Å². The Kier molecular flexibility index (Phi) is 4.75. The lowest BCUT2D eigenvalue weighted by atomic mass is 9.90. The van der Waals surface area contributed by atoms with Crippen LogP contribution >= 0.6 is 0 Å². The maximum atomic E-state index is 14.4. The molecule has 3 nitrogen and oxygen atoms in total. The first-order valence-corrected chi connectivity index (χ1v) is 9.14. The molecule has 138 valence electrons. The van der Waals surface area contributed by atoms with Crippen LogP contribution in [0.5, 0.6) is 0 Å². The average molecular weight is 366 g/mol. The number of carbonyl (C=O) groups excluding carboxylic acids is 1. The number of hydrogen-bond donors (Lipinski definition) is 2. The Morgan fingerprint density at radius 3 is 2.41 bits per heavy atom. The Balaban J connectivity index is 1.84. The molecule has 0 aromatic heterocycles. The molecule has 0 bridgehead atoms. The second-order valence-corrected chi connectivity index (χ2v) is 6.85. The largest absolute Gasteiger partial charge is 0.327 e. The molecule has 27 heavy (non-hydrogen) atoms. The molecule has 0 radical (unpaired) electrons. The average Bonchev–Trinajstić information content (AvgIpc) is 2.86. The minimum absolute atomic E-state index is 0.303. The Labute approximate surface area is 156 Å². The zero-order valence-electron chi connectivity index (χ0n) is 14.8. The Bertz CT molecular complexity index is 949. The lowest BCUT2D eigenvalue weighted by Crippen LogP contribution is -2.44. The van der Waals surface area contributed by atoms with Crippen LogP contribution in [0.15, 0.2) is 65.4 Å². The van der Waals surface area contributed by atoms with Gasteiger partial charge >= 0.3 is 6.03 Å². The smallest absolute Gasteiger partial charge is 0.319 e. The van der Waals surface area contributed by atoms with Crippen molar-refractivity contribution in [1.82, 2.24) is 10.6 Å². The number of amides is 2. The van der Waals surface area contributed by atoms with E-state index in [0.29, 0.717) is 16.8 Å². The fourth-order valence-electron chi connectivity index (χ4n) is 3.80. The number of halogens is 2. The first kappa shape index (κ1) is 17.5. The van der Waals surface area contributed by atoms with Gasteiger partial charge in [-0.05, 0) is 55.0 Å². The molecule has 1 heterocycles. The highest BCUT2D eigenvalue weighted by atomic mass is 19.1. The summed E-state index contributed by atoms with van der Waals surface area (Å²) in [6.45, 7) is 0. The number of rotatable bonds is 2. The SMILES string of the molecule is O=C1NC2=C(CCCC/C2=C\c2ccccc2F)C(c2ccccc2F)N1. The quantitative estimate of drug-likeness (QED) is 0.751. The summed E-state index contributed by atoms with van der Waals surface area (Å²) in [6, 6.07) is 12.2. The van der Waals surface area contributed by atoms with E-state index < -0.39 is 6.04 Å². The van der Waals surface area contributed by atoms with E-state index in [9.17, 15) is 13.6 Å². The Morgan fingerprint density at radius 2 is 1.63 bits per heavy atom. The monoisotopic (exact) mass is 366 g/mol. The fourth-order valence-corrected chi connectivity index (χ4v) is 3.80. The van der Waals surface area contributed by atoms with Crippen LogP contribution in [-0.4, -0.2) is 6.03 Å². The molecular weight excluding hydrogens is 346 g/mol. The van der Waals surface area contributed by atoms with Crippen molar-refractivity contribution in [3.05, 3.63) is 88.1 Å². The van der Waals surface area contributed by atoms with Gasteiger partial charge in [0.2, 0.25) is 0 Å². The van der Waals surface area contributed by atoms with Crippen molar-refractivity contribution in [1.29, 1.82) is 0 Å². The molecule has 1 aliphatic carbocycles. The number of benzene rings is 2. The van der Waals surface area contributed by atoms with Gasteiger partial charge in [-0.1, -0.05) is 36.4 Å². The summed E-state index contributed by atoms with van der Waals surface area (Å²) in [5.74, 6) is -0.650. The standard InChI is InChI=1S/C22H20F2N2O/c23-18-11-5-2-7-14(18)13-15-8-1-3-10-17-20(15)25-22(27)26-21(17)16-9-4-6-12-19(16)24/h2,4-7,9,11-13,21H,1,3,8,10H2,(H2,25,26,27)/b15-13+. The Morgan fingerprint density at radius 1 is 0.926 bits per heavy atom. The summed E-state index contributed by atoms with van der Waals surface area (Å²) in [4.78, 5) is 12.3. The third kappa shape index (κ3) is 3.50. The molecule has 2 aromatic rings. The van der Waals surface area contributed by atoms with Crippen LogP contribution in [-0.2, 0) is 0 Å². The Hall–Kier alpha value is -2.95. The molecule has 2 amide bonds. The van der Waals surface area contributed by atoms with Gasteiger partial charge in [-0.2, -0.15) is 0 Å².